The monoisotopic (exact) mass is 310 g/mol. The molecule has 0 unspecified atom stereocenters. The summed E-state index contributed by atoms with van der Waals surface area (Å²) < 4.78 is 10.7. The summed E-state index contributed by atoms with van der Waals surface area (Å²) in [5.74, 6) is 1.16. The van der Waals surface area contributed by atoms with Gasteiger partial charge in [0.15, 0.2) is 0 Å². The van der Waals surface area contributed by atoms with Gasteiger partial charge in [-0.3, -0.25) is 0 Å². The first-order valence-electron chi connectivity index (χ1n) is 7.80. The van der Waals surface area contributed by atoms with Crippen LogP contribution in [0.5, 0.6) is 0 Å². The normalized spacial score (nSPS) is 18.8. The standard InChI is InChI=1S/C17H30N2O3/c1-12(11-15(21-6)13(2)18)14-7-9-19(10-8-14)16(20)22-17(3,4)5/h11,14H,7-10,18H2,1-6H3/b12-11+,15-13-. The fraction of sp³-hybridized carbons (Fsp3) is 0.706. The minimum Gasteiger partial charge on any atom is -0.495 e. The molecule has 0 bridgehead atoms. The van der Waals surface area contributed by atoms with Crippen molar-refractivity contribution in [2.24, 2.45) is 11.7 Å². The van der Waals surface area contributed by atoms with Crippen molar-refractivity contribution in [3.05, 3.63) is 23.1 Å². The fourth-order valence-corrected chi connectivity index (χ4v) is 2.50. The number of ether oxygens (including phenoxy) is 2. The number of likely N-dealkylation sites (tertiary alicyclic amines) is 1. The molecular weight excluding hydrogens is 280 g/mol. The second-order valence-corrected chi connectivity index (χ2v) is 6.88. The molecule has 1 heterocycles. The van der Waals surface area contributed by atoms with Crippen LogP contribution in [0.15, 0.2) is 23.1 Å². The molecule has 22 heavy (non-hydrogen) atoms. The summed E-state index contributed by atoms with van der Waals surface area (Å²) in [5, 5.41) is 0. The largest absolute Gasteiger partial charge is 0.495 e. The zero-order valence-corrected chi connectivity index (χ0v) is 14.7. The van der Waals surface area contributed by atoms with Gasteiger partial charge >= 0.3 is 6.09 Å². The Kier molecular flexibility index (Phi) is 6.33. The van der Waals surface area contributed by atoms with Crippen molar-refractivity contribution in [1.82, 2.24) is 4.90 Å². The fourth-order valence-electron chi connectivity index (χ4n) is 2.50. The molecule has 0 atom stereocenters. The number of amides is 1. The highest BCUT2D eigenvalue weighted by atomic mass is 16.6. The van der Waals surface area contributed by atoms with Gasteiger partial charge in [-0.2, -0.15) is 0 Å². The minimum absolute atomic E-state index is 0.220. The van der Waals surface area contributed by atoms with Crippen molar-refractivity contribution in [3.8, 4) is 0 Å². The summed E-state index contributed by atoms with van der Waals surface area (Å²) in [4.78, 5) is 13.8. The van der Waals surface area contributed by atoms with Crippen molar-refractivity contribution in [3.63, 3.8) is 0 Å². The molecule has 1 rings (SSSR count). The number of nitrogens with zero attached hydrogens (tertiary/aromatic N) is 1. The molecule has 0 aliphatic carbocycles. The lowest BCUT2D eigenvalue weighted by molar-refractivity contribution is 0.0194. The maximum absolute atomic E-state index is 12.0. The molecule has 1 saturated heterocycles. The summed E-state index contributed by atoms with van der Waals surface area (Å²) in [6.07, 6.45) is 3.65. The van der Waals surface area contributed by atoms with Crippen LogP contribution in [0.3, 0.4) is 0 Å². The lowest BCUT2D eigenvalue weighted by atomic mass is 9.89. The highest BCUT2D eigenvalue weighted by molar-refractivity contribution is 5.68. The van der Waals surface area contributed by atoms with Crippen LogP contribution in [0.25, 0.3) is 0 Å². The Morgan fingerprint density at radius 1 is 1.23 bits per heavy atom. The number of methoxy groups -OCH3 is 1. The van der Waals surface area contributed by atoms with Gasteiger partial charge in [-0.05, 0) is 59.5 Å². The van der Waals surface area contributed by atoms with Crippen LogP contribution in [-0.2, 0) is 9.47 Å². The molecule has 126 valence electrons. The van der Waals surface area contributed by atoms with Gasteiger partial charge in [0, 0.05) is 18.8 Å². The van der Waals surface area contributed by atoms with Crippen LogP contribution in [0.1, 0.15) is 47.5 Å². The number of rotatable bonds is 3. The number of carbonyl (C=O) groups excluding carboxylic acids is 1. The van der Waals surface area contributed by atoms with Crippen LogP contribution in [0, 0.1) is 5.92 Å². The third-order valence-corrected chi connectivity index (χ3v) is 3.76. The van der Waals surface area contributed by atoms with Crippen LogP contribution < -0.4 is 5.73 Å². The number of piperidine rings is 1. The van der Waals surface area contributed by atoms with Crippen LogP contribution in [0.2, 0.25) is 0 Å². The van der Waals surface area contributed by atoms with E-state index in [1.807, 2.05) is 33.8 Å². The van der Waals surface area contributed by atoms with Crippen molar-refractivity contribution in [2.75, 3.05) is 20.2 Å². The zero-order valence-electron chi connectivity index (χ0n) is 14.7. The number of hydrogen-bond donors (Lipinski definition) is 1. The molecule has 0 radical (unpaired) electrons. The molecule has 1 fully saturated rings. The van der Waals surface area contributed by atoms with E-state index >= 15 is 0 Å². The van der Waals surface area contributed by atoms with Gasteiger partial charge in [-0.1, -0.05) is 5.57 Å². The van der Waals surface area contributed by atoms with E-state index in [4.69, 9.17) is 15.2 Å². The zero-order chi connectivity index (χ0) is 16.9. The van der Waals surface area contributed by atoms with Crippen molar-refractivity contribution < 1.29 is 14.3 Å². The minimum atomic E-state index is -0.444. The van der Waals surface area contributed by atoms with Gasteiger partial charge in [0.05, 0.1) is 7.11 Å². The molecule has 1 aliphatic heterocycles. The average Bonchev–Trinajstić information content (AvgIpc) is 2.42. The van der Waals surface area contributed by atoms with E-state index in [-0.39, 0.29) is 6.09 Å². The molecular formula is C17H30N2O3. The Morgan fingerprint density at radius 2 is 1.77 bits per heavy atom. The van der Waals surface area contributed by atoms with Crippen LogP contribution in [-0.4, -0.2) is 36.8 Å². The third-order valence-electron chi connectivity index (χ3n) is 3.76. The predicted molar refractivity (Wildman–Crippen MR) is 88.2 cm³/mol. The van der Waals surface area contributed by atoms with E-state index in [1.54, 1.807) is 12.0 Å². The van der Waals surface area contributed by atoms with Gasteiger partial charge in [0.1, 0.15) is 11.4 Å². The first kappa shape index (κ1) is 18.4. The SMILES string of the molecule is COC(/C=C(\C)C1CCN(C(=O)OC(C)(C)C)CC1)=C(/C)N. The number of carbonyl (C=O) groups is 1. The van der Waals surface area contributed by atoms with E-state index < -0.39 is 5.60 Å². The molecule has 1 amide bonds. The lowest BCUT2D eigenvalue weighted by Crippen LogP contribution is -2.41. The average molecular weight is 310 g/mol. The molecule has 0 spiro atoms. The maximum atomic E-state index is 12.0. The molecule has 2 N–H and O–H groups in total. The quantitative estimate of drug-likeness (QED) is 0.641. The van der Waals surface area contributed by atoms with E-state index in [0.29, 0.717) is 17.4 Å². The summed E-state index contributed by atoms with van der Waals surface area (Å²) in [7, 11) is 1.63. The topological polar surface area (TPSA) is 64.8 Å². The molecule has 5 nitrogen and oxygen atoms in total. The second kappa shape index (κ2) is 7.56. The Balaban J connectivity index is 2.60. The van der Waals surface area contributed by atoms with Crippen LogP contribution in [0.4, 0.5) is 4.79 Å². The van der Waals surface area contributed by atoms with E-state index in [0.717, 1.165) is 25.9 Å². The van der Waals surface area contributed by atoms with Crippen molar-refractivity contribution in [1.29, 1.82) is 0 Å². The van der Waals surface area contributed by atoms with Gasteiger partial charge in [0.25, 0.3) is 0 Å². The molecule has 0 saturated carbocycles. The molecule has 0 aromatic heterocycles. The number of allylic oxidation sites excluding steroid dienone is 3. The summed E-state index contributed by atoms with van der Waals surface area (Å²) in [6.45, 7) is 11.0. The summed E-state index contributed by atoms with van der Waals surface area (Å²) in [5.41, 5.74) is 7.26. The van der Waals surface area contributed by atoms with Gasteiger partial charge < -0.3 is 20.1 Å². The van der Waals surface area contributed by atoms with Crippen molar-refractivity contribution >= 4 is 6.09 Å². The van der Waals surface area contributed by atoms with E-state index in [1.165, 1.54) is 5.57 Å². The Bertz CT molecular complexity index is 449. The van der Waals surface area contributed by atoms with E-state index in [2.05, 4.69) is 6.92 Å². The first-order chi connectivity index (χ1) is 10.1. The molecule has 0 aromatic rings. The second-order valence-electron chi connectivity index (χ2n) is 6.88. The predicted octanol–water partition coefficient (Wildman–Crippen LogP) is 3.42. The third kappa shape index (κ3) is 5.62. The Morgan fingerprint density at radius 3 is 2.18 bits per heavy atom. The first-order valence-corrected chi connectivity index (χ1v) is 7.80. The van der Waals surface area contributed by atoms with Gasteiger partial charge in [-0.15, -0.1) is 0 Å². The van der Waals surface area contributed by atoms with Gasteiger partial charge in [-0.25, -0.2) is 4.79 Å². The summed E-state index contributed by atoms with van der Waals surface area (Å²) >= 11 is 0. The lowest BCUT2D eigenvalue weighted by Gasteiger charge is -2.33. The highest BCUT2D eigenvalue weighted by Crippen LogP contribution is 2.26. The molecule has 5 heteroatoms. The van der Waals surface area contributed by atoms with Crippen molar-refractivity contribution in [2.45, 2.75) is 53.1 Å². The van der Waals surface area contributed by atoms with Gasteiger partial charge in [0.2, 0.25) is 0 Å². The molecule has 0 aromatic carbocycles. The maximum Gasteiger partial charge on any atom is 0.410 e. The highest BCUT2D eigenvalue weighted by Gasteiger charge is 2.27. The Labute approximate surface area is 134 Å². The smallest absolute Gasteiger partial charge is 0.410 e. The van der Waals surface area contributed by atoms with E-state index in [9.17, 15) is 4.79 Å². The van der Waals surface area contributed by atoms with Crippen LogP contribution >= 0.6 is 0 Å². The number of nitrogens with two attached hydrogens (primary N) is 1. The Hall–Kier alpha value is -1.65. The molecule has 1 aliphatic rings. The summed E-state index contributed by atoms with van der Waals surface area (Å²) in [6, 6.07) is 0. The number of hydrogen-bond acceptors (Lipinski definition) is 4.